The molecular weight excluding hydrogens is 302 g/mol. The second-order valence-electron chi connectivity index (χ2n) is 4.02. The average Bonchev–Trinajstić information content (AvgIpc) is 2.31. The van der Waals surface area contributed by atoms with Gasteiger partial charge in [-0.1, -0.05) is 15.9 Å². The summed E-state index contributed by atoms with van der Waals surface area (Å²) in [4.78, 5) is 21.3. The van der Waals surface area contributed by atoms with Crippen LogP contribution in [0.2, 0.25) is 0 Å². The minimum absolute atomic E-state index is 0.0338. The molecular formula is C12H14BrNO4. The second kappa shape index (κ2) is 5.95. The van der Waals surface area contributed by atoms with Crippen LogP contribution in [-0.2, 0) is 16.0 Å². The number of nitrogens with zero attached hydrogens (tertiary/aromatic N) is 1. The number of esters is 1. The first-order chi connectivity index (χ1) is 8.36. The molecule has 98 valence electrons. The van der Waals surface area contributed by atoms with Gasteiger partial charge in [-0.25, -0.2) is 0 Å². The monoisotopic (exact) mass is 315 g/mol. The average molecular weight is 316 g/mol. The molecule has 0 aliphatic rings. The summed E-state index contributed by atoms with van der Waals surface area (Å²) in [5.41, 5.74) is 2.37. The van der Waals surface area contributed by atoms with E-state index in [1.54, 1.807) is 6.07 Å². The molecule has 18 heavy (non-hydrogen) atoms. The van der Waals surface area contributed by atoms with Crippen molar-refractivity contribution in [2.45, 2.75) is 25.1 Å². The van der Waals surface area contributed by atoms with Gasteiger partial charge in [-0.15, -0.1) is 0 Å². The third-order valence-corrected chi connectivity index (χ3v) is 3.45. The summed E-state index contributed by atoms with van der Waals surface area (Å²) in [6.45, 7) is 3.70. The Kier molecular flexibility index (Phi) is 4.84. The Hall–Kier alpha value is -1.43. The van der Waals surface area contributed by atoms with Crippen molar-refractivity contribution >= 4 is 27.6 Å². The molecule has 0 aliphatic heterocycles. The Morgan fingerprint density at radius 2 is 2.00 bits per heavy atom. The van der Waals surface area contributed by atoms with E-state index < -0.39 is 15.7 Å². The summed E-state index contributed by atoms with van der Waals surface area (Å²) in [5, 5.41) is 11.0. The zero-order valence-electron chi connectivity index (χ0n) is 10.4. The number of methoxy groups -OCH3 is 1. The highest BCUT2D eigenvalue weighted by molar-refractivity contribution is 9.10. The lowest BCUT2D eigenvalue weighted by atomic mass is 10.0. The summed E-state index contributed by atoms with van der Waals surface area (Å²) in [5.74, 6) is -0.442. The van der Waals surface area contributed by atoms with Gasteiger partial charge in [0.25, 0.3) is 5.69 Å². The number of carbonyl (C=O) groups excluding carboxylic acids is 1. The van der Waals surface area contributed by atoms with Crippen molar-refractivity contribution in [3.05, 3.63) is 38.9 Å². The van der Waals surface area contributed by atoms with Crippen LogP contribution in [0.4, 0.5) is 5.69 Å². The molecule has 1 aromatic rings. The molecule has 0 saturated heterocycles. The highest BCUT2D eigenvalue weighted by Crippen LogP contribution is 2.26. The van der Waals surface area contributed by atoms with Crippen LogP contribution in [0, 0.1) is 24.0 Å². The predicted octanol–water partition coefficient (Wildman–Crippen LogP) is 2.69. The van der Waals surface area contributed by atoms with E-state index in [0.717, 1.165) is 11.1 Å². The molecule has 0 saturated carbocycles. The van der Waals surface area contributed by atoms with E-state index in [1.807, 2.05) is 13.8 Å². The van der Waals surface area contributed by atoms with E-state index in [0.29, 0.717) is 5.56 Å². The number of carbonyl (C=O) groups is 1. The van der Waals surface area contributed by atoms with Crippen LogP contribution in [0.3, 0.4) is 0 Å². The third kappa shape index (κ3) is 3.29. The molecule has 5 nitrogen and oxygen atoms in total. The molecule has 0 N–H and O–H groups in total. The highest BCUT2D eigenvalue weighted by Gasteiger charge is 2.22. The Labute approximate surface area is 113 Å². The van der Waals surface area contributed by atoms with Crippen LogP contribution < -0.4 is 0 Å². The Bertz CT molecular complexity index is 487. The fourth-order valence-electron chi connectivity index (χ4n) is 1.60. The predicted molar refractivity (Wildman–Crippen MR) is 71.0 cm³/mol. The Balaban J connectivity index is 3.11. The number of aryl methyl sites for hydroxylation is 2. The number of ether oxygens (including phenoxy) is 1. The lowest BCUT2D eigenvalue weighted by Gasteiger charge is -2.10. The van der Waals surface area contributed by atoms with Gasteiger partial charge in [0.05, 0.1) is 12.0 Å². The molecule has 1 unspecified atom stereocenters. The zero-order valence-corrected chi connectivity index (χ0v) is 12.0. The van der Waals surface area contributed by atoms with E-state index in [9.17, 15) is 14.9 Å². The van der Waals surface area contributed by atoms with E-state index in [2.05, 4.69) is 20.7 Å². The number of nitro groups is 1. The smallest absolute Gasteiger partial charge is 0.319 e. The first-order valence-electron chi connectivity index (χ1n) is 5.33. The molecule has 0 aliphatic carbocycles. The van der Waals surface area contributed by atoms with E-state index >= 15 is 0 Å². The summed E-state index contributed by atoms with van der Waals surface area (Å²) in [7, 11) is 1.28. The van der Waals surface area contributed by atoms with Gasteiger partial charge in [-0.05, 0) is 31.0 Å². The highest BCUT2D eigenvalue weighted by atomic mass is 79.9. The van der Waals surface area contributed by atoms with E-state index in [4.69, 9.17) is 0 Å². The number of rotatable bonds is 4. The minimum Gasteiger partial charge on any atom is -0.468 e. The van der Waals surface area contributed by atoms with Crippen molar-refractivity contribution in [3.63, 3.8) is 0 Å². The van der Waals surface area contributed by atoms with Crippen LogP contribution in [0.1, 0.15) is 16.7 Å². The standard InChI is InChI=1S/C12H14BrNO4/c1-7-4-9(6-10(13)12(15)18-3)11(14(16)17)5-8(7)2/h4-5,10H,6H2,1-3H3. The molecule has 0 fully saturated rings. The van der Waals surface area contributed by atoms with Gasteiger partial charge in [0.1, 0.15) is 4.83 Å². The number of benzene rings is 1. The second-order valence-corrected chi connectivity index (χ2v) is 5.12. The van der Waals surface area contributed by atoms with Gasteiger partial charge >= 0.3 is 5.97 Å². The molecule has 0 spiro atoms. The fraction of sp³-hybridized carbons (Fsp3) is 0.417. The largest absolute Gasteiger partial charge is 0.468 e. The molecule has 0 amide bonds. The normalized spacial score (nSPS) is 12.0. The first-order valence-corrected chi connectivity index (χ1v) is 6.24. The number of alkyl halides is 1. The number of nitro benzene ring substituents is 1. The van der Waals surface area contributed by atoms with Crippen LogP contribution >= 0.6 is 15.9 Å². The summed E-state index contributed by atoms with van der Waals surface area (Å²) in [6, 6.07) is 3.27. The SMILES string of the molecule is COC(=O)C(Br)Cc1cc(C)c(C)cc1[N+](=O)[O-]. The Morgan fingerprint density at radius 3 is 2.50 bits per heavy atom. The van der Waals surface area contributed by atoms with Gasteiger partial charge in [0.15, 0.2) is 0 Å². The van der Waals surface area contributed by atoms with Crippen molar-refractivity contribution in [2.75, 3.05) is 7.11 Å². The van der Waals surface area contributed by atoms with Crippen LogP contribution in [-0.4, -0.2) is 22.8 Å². The number of hydrogen-bond acceptors (Lipinski definition) is 4. The van der Waals surface area contributed by atoms with E-state index in [1.165, 1.54) is 13.2 Å². The van der Waals surface area contributed by atoms with Crippen LogP contribution in [0.15, 0.2) is 12.1 Å². The van der Waals surface area contributed by atoms with Crippen molar-refractivity contribution in [2.24, 2.45) is 0 Å². The van der Waals surface area contributed by atoms with E-state index in [-0.39, 0.29) is 12.1 Å². The van der Waals surface area contributed by atoms with Gasteiger partial charge in [0.2, 0.25) is 0 Å². The summed E-state index contributed by atoms with van der Waals surface area (Å²) < 4.78 is 4.58. The van der Waals surface area contributed by atoms with Crippen molar-refractivity contribution < 1.29 is 14.5 Å². The molecule has 6 heteroatoms. The fourth-order valence-corrected chi connectivity index (χ4v) is 2.13. The molecule has 1 atom stereocenters. The molecule has 0 heterocycles. The Morgan fingerprint density at radius 1 is 1.44 bits per heavy atom. The van der Waals surface area contributed by atoms with Gasteiger partial charge in [0, 0.05) is 18.1 Å². The maximum absolute atomic E-state index is 11.3. The lowest BCUT2D eigenvalue weighted by molar-refractivity contribution is -0.385. The summed E-state index contributed by atoms with van der Waals surface area (Å²) >= 11 is 3.17. The van der Waals surface area contributed by atoms with Crippen molar-refractivity contribution in [3.8, 4) is 0 Å². The molecule has 1 rings (SSSR count). The van der Waals surface area contributed by atoms with Crippen molar-refractivity contribution in [1.82, 2.24) is 0 Å². The van der Waals surface area contributed by atoms with Crippen molar-refractivity contribution in [1.29, 1.82) is 0 Å². The topological polar surface area (TPSA) is 69.4 Å². The number of hydrogen-bond donors (Lipinski definition) is 0. The first kappa shape index (κ1) is 14.6. The maximum Gasteiger partial charge on any atom is 0.319 e. The summed E-state index contributed by atoms with van der Waals surface area (Å²) in [6.07, 6.45) is 0.226. The van der Waals surface area contributed by atoms with Gasteiger partial charge in [-0.3, -0.25) is 14.9 Å². The number of halogens is 1. The maximum atomic E-state index is 11.3. The third-order valence-electron chi connectivity index (χ3n) is 2.75. The molecule has 1 aromatic carbocycles. The molecule has 0 radical (unpaired) electrons. The zero-order chi connectivity index (χ0) is 13.9. The molecule has 0 bridgehead atoms. The minimum atomic E-state index is -0.580. The van der Waals surface area contributed by atoms with Gasteiger partial charge < -0.3 is 4.74 Å². The molecule has 0 aromatic heterocycles. The quantitative estimate of drug-likeness (QED) is 0.371. The van der Waals surface area contributed by atoms with Gasteiger partial charge in [-0.2, -0.15) is 0 Å². The lowest BCUT2D eigenvalue weighted by Crippen LogP contribution is -2.18. The van der Waals surface area contributed by atoms with Crippen LogP contribution in [0.25, 0.3) is 0 Å². The van der Waals surface area contributed by atoms with Crippen LogP contribution in [0.5, 0.6) is 0 Å².